The Morgan fingerprint density at radius 1 is 0.926 bits per heavy atom. The van der Waals surface area contributed by atoms with Gasteiger partial charge in [0, 0.05) is 12.7 Å². The lowest BCUT2D eigenvalue weighted by atomic mass is 10.1. The molecule has 1 amide bonds. The van der Waals surface area contributed by atoms with Gasteiger partial charge in [-0.1, -0.05) is 42.5 Å². The van der Waals surface area contributed by atoms with Gasteiger partial charge < -0.3 is 4.57 Å². The molecule has 0 fully saturated rings. The molecule has 1 heterocycles. The number of aromatic nitrogens is 1. The molecule has 0 saturated heterocycles. The molecule has 138 valence electrons. The Balaban J connectivity index is 2.00. The summed E-state index contributed by atoms with van der Waals surface area (Å²) in [5.41, 5.74) is -1.06. The largest absolute Gasteiger partial charge is 0.419 e. The van der Waals surface area contributed by atoms with Crippen LogP contribution in [0.2, 0.25) is 0 Å². The number of rotatable bonds is 3. The van der Waals surface area contributed by atoms with Crippen LogP contribution < -0.4 is 5.49 Å². The van der Waals surface area contributed by atoms with E-state index in [0.717, 1.165) is 17.7 Å². The molecule has 3 rings (SSSR count). The highest BCUT2D eigenvalue weighted by atomic mass is 19.4. The van der Waals surface area contributed by atoms with E-state index in [2.05, 4.69) is 4.99 Å². The molecule has 0 bridgehead atoms. The summed E-state index contributed by atoms with van der Waals surface area (Å²) in [6.07, 6.45) is -3.21. The SMILES string of the molecule is O=C(N=c1ccccn1Cc1ccccc1)c1cccc(C(F)(F)F)c1F. The molecule has 0 unspecified atom stereocenters. The molecule has 0 aliphatic carbocycles. The minimum absolute atomic E-state index is 0.211. The average molecular weight is 374 g/mol. The molecule has 3 nitrogen and oxygen atoms in total. The zero-order valence-electron chi connectivity index (χ0n) is 13.9. The minimum atomic E-state index is -4.89. The summed E-state index contributed by atoms with van der Waals surface area (Å²) >= 11 is 0. The topological polar surface area (TPSA) is 34.4 Å². The summed E-state index contributed by atoms with van der Waals surface area (Å²) in [5, 5.41) is 0. The van der Waals surface area contributed by atoms with Crippen LogP contribution in [-0.4, -0.2) is 10.5 Å². The molecular formula is C20H14F4N2O. The van der Waals surface area contributed by atoms with Crippen LogP contribution in [0, 0.1) is 5.82 Å². The maximum atomic E-state index is 14.2. The molecule has 0 atom stereocenters. The van der Waals surface area contributed by atoms with Gasteiger partial charge in [0.15, 0.2) is 0 Å². The zero-order valence-corrected chi connectivity index (χ0v) is 13.9. The quantitative estimate of drug-likeness (QED) is 0.625. The van der Waals surface area contributed by atoms with E-state index in [1.165, 1.54) is 6.07 Å². The zero-order chi connectivity index (χ0) is 19.4. The second kappa shape index (κ2) is 7.57. The third-order valence-electron chi connectivity index (χ3n) is 3.86. The van der Waals surface area contributed by atoms with E-state index in [9.17, 15) is 22.4 Å². The second-order valence-corrected chi connectivity index (χ2v) is 5.75. The van der Waals surface area contributed by atoms with Crippen molar-refractivity contribution in [2.75, 3.05) is 0 Å². The van der Waals surface area contributed by atoms with Crippen LogP contribution in [0.25, 0.3) is 0 Å². The fourth-order valence-electron chi connectivity index (χ4n) is 2.56. The summed E-state index contributed by atoms with van der Waals surface area (Å²) in [6, 6.07) is 16.8. The lowest BCUT2D eigenvalue weighted by Gasteiger charge is -2.10. The number of benzene rings is 2. The van der Waals surface area contributed by atoms with Crippen molar-refractivity contribution in [1.82, 2.24) is 4.57 Å². The smallest absolute Gasteiger partial charge is 0.328 e. The number of amides is 1. The lowest BCUT2D eigenvalue weighted by Crippen LogP contribution is -2.22. The summed E-state index contributed by atoms with van der Waals surface area (Å²) in [5.74, 6) is -2.70. The molecule has 0 radical (unpaired) electrons. The fourth-order valence-corrected chi connectivity index (χ4v) is 2.56. The van der Waals surface area contributed by atoms with Crippen molar-refractivity contribution in [3.05, 3.63) is 101 Å². The molecule has 0 aliphatic heterocycles. The van der Waals surface area contributed by atoms with Gasteiger partial charge in [-0.25, -0.2) is 4.39 Å². The van der Waals surface area contributed by atoms with Gasteiger partial charge >= 0.3 is 6.18 Å². The first-order valence-corrected chi connectivity index (χ1v) is 8.00. The Bertz CT molecular complexity index is 1020. The van der Waals surface area contributed by atoms with Crippen LogP contribution in [-0.2, 0) is 12.7 Å². The summed E-state index contributed by atoms with van der Waals surface area (Å²) < 4.78 is 54.3. The second-order valence-electron chi connectivity index (χ2n) is 5.75. The first kappa shape index (κ1) is 18.6. The van der Waals surface area contributed by atoms with Crippen molar-refractivity contribution >= 4 is 5.91 Å². The summed E-state index contributed by atoms with van der Waals surface area (Å²) in [7, 11) is 0. The minimum Gasteiger partial charge on any atom is -0.328 e. The fraction of sp³-hybridized carbons (Fsp3) is 0.100. The van der Waals surface area contributed by atoms with Crippen LogP contribution in [0.5, 0.6) is 0 Å². The molecule has 2 aromatic carbocycles. The number of pyridine rings is 1. The van der Waals surface area contributed by atoms with Crippen LogP contribution in [0.15, 0.2) is 77.9 Å². The Labute approximate surface area is 152 Å². The van der Waals surface area contributed by atoms with Crippen LogP contribution in [0.4, 0.5) is 17.6 Å². The van der Waals surface area contributed by atoms with Gasteiger partial charge in [0.05, 0.1) is 11.1 Å². The molecule has 0 N–H and O–H groups in total. The van der Waals surface area contributed by atoms with Gasteiger partial charge in [-0.15, -0.1) is 0 Å². The normalized spacial score (nSPS) is 12.2. The van der Waals surface area contributed by atoms with Gasteiger partial charge in [0.25, 0.3) is 5.91 Å². The van der Waals surface area contributed by atoms with E-state index in [1.807, 2.05) is 30.3 Å². The maximum Gasteiger partial charge on any atom is 0.419 e. The number of carbonyl (C=O) groups is 1. The number of nitrogens with zero attached hydrogens (tertiary/aromatic N) is 2. The van der Waals surface area contributed by atoms with Gasteiger partial charge in [0.2, 0.25) is 0 Å². The Morgan fingerprint density at radius 3 is 2.33 bits per heavy atom. The third-order valence-corrected chi connectivity index (χ3v) is 3.86. The highest BCUT2D eigenvalue weighted by molar-refractivity contribution is 5.95. The molecule has 0 saturated carbocycles. The van der Waals surface area contributed by atoms with Crippen molar-refractivity contribution in [3.63, 3.8) is 0 Å². The van der Waals surface area contributed by atoms with E-state index < -0.39 is 29.0 Å². The predicted molar refractivity (Wildman–Crippen MR) is 91.3 cm³/mol. The standard InChI is InChI=1S/C20H14F4N2O/c21-18-15(9-6-10-16(18)20(22,23)24)19(27)25-17-11-4-5-12-26(17)13-14-7-2-1-3-8-14/h1-12H,13H2. The van der Waals surface area contributed by atoms with Gasteiger partial charge in [0.1, 0.15) is 11.3 Å². The number of hydrogen-bond donors (Lipinski definition) is 0. The van der Waals surface area contributed by atoms with Crippen molar-refractivity contribution in [3.8, 4) is 0 Å². The molecule has 0 spiro atoms. The van der Waals surface area contributed by atoms with E-state index in [0.29, 0.717) is 12.6 Å². The molecule has 1 aromatic heterocycles. The van der Waals surface area contributed by atoms with E-state index in [1.54, 1.807) is 22.9 Å². The van der Waals surface area contributed by atoms with Crippen LogP contribution in [0.3, 0.4) is 0 Å². The summed E-state index contributed by atoms with van der Waals surface area (Å²) in [4.78, 5) is 16.2. The summed E-state index contributed by atoms with van der Waals surface area (Å²) in [6.45, 7) is 0.402. The number of hydrogen-bond acceptors (Lipinski definition) is 1. The van der Waals surface area contributed by atoms with Gasteiger partial charge in [-0.05, 0) is 29.8 Å². The van der Waals surface area contributed by atoms with E-state index >= 15 is 0 Å². The molecule has 7 heteroatoms. The van der Waals surface area contributed by atoms with Crippen molar-refractivity contribution in [2.24, 2.45) is 4.99 Å². The lowest BCUT2D eigenvalue weighted by molar-refractivity contribution is -0.140. The monoisotopic (exact) mass is 374 g/mol. The molecule has 27 heavy (non-hydrogen) atoms. The maximum absolute atomic E-state index is 14.2. The molecular weight excluding hydrogens is 360 g/mol. The first-order valence-electron chi connectivity index (χ1n) is 8.00. The van der Waals surface area contributed by atoms with Crippen molar-refractivity contribution in [2.45, 2.75) is 12.7 Å². The number of alkyl halides is 3. The Morgan fingerprint density at radius 2 is 1.63 bits per heavy atom. The average Bonchev–Trinajstić information content (AvgIpc) is 2.63. The number of halogens is 4. The van der Waals surface area contributed by atoms with Gasteiger partial charge in [-0.3, -0.25) is 4.79 Å². The Kier molecular flexibility index (Phi) is 5.21. The molecule has 0 aliphatic rings. The highest BCUT2D eigenvalue weighted by Gasteiger charge is 2.35. The predicted octanol–water partition coefficient (Wildman–Crippen LogP) is 4.44. The van der Waals surface area contributed by atoms with Crippen LogP contribution >= 0.6 is 0 Å². The van der Waals surface area contributed by atoms with Crippen molar-refractivity contribution in [1.29, 1.82) is 0 Å². The van der Waals surface area contributed by atoms with Crippen LogP contribution in [0.1, 0.15) is 21.5 Å². The van der Waals surface area contributed by atoms with Gasteiger partial charge in [-0.2, -0.15) is 18.2 Å². The van der Waals surface area contributed by atoms with Crippen molar-refractivity contribution < 1.29 is 22.4 Å². The first-order chi connectivity index (χ1) is 12.9. The van der Waals surface area contributed by atoms with E-state index in [-0.39, 0.29) is 5.49 Å². The third kappa shape index (κ3) is 4.31. The van der Waals surface area contributed by atoms with E-state index in [4.69, 9.17) is 0 Å². The molecule has 3 aromatic rings. The number of carbonyl (C=O) groups excluding carboxylic acids is 1. The highest BCUT2D eigenvalue weighted by Crippen LogP contribution is 2.32. The Hall–Kier alpha value is -3.22.